The fourth-order valence-electron chi connectivity index (χ4n) is 1.60. The lowest BCUT2D eigenvalue weighted by Crippen LogP contribution is -2.13. The molecule has 0 amide bonds. The number of rotatable bonds is 6. The lowest BCUT2D eigenvalue weighted by atomic mass is 10.0. The van der Waals surface area contributed by atoms with Crippen LogP contribution in [0.1, 0.15) is 30.6 Å². The van der Waals surface area contributed by atoms with Crippen LogP contribution < -0.4 is 0 Å². The van der Waals surface area contributed by atoms with Gasteiger partial charge in [0.15, 0.2) is 6.10 Å². The number of aryl methyl sites for hydroxylation is 1. The zero-order chi connectivity index (χ0) is 13.5. The third-order valence-corrected chi connectivity index (χ3v) is 2.96. The highest BCUT2D eigenvalue weighted by Gasteiger charge is 2.17. The summed E-state index contributed by atoms with van der Waals surface area (Å²) in [7, 11) is 2.95. The molecule has 2 unspecified atom stereocenters. The number of hydrogen-bond donors (Lipinski definition) is 1. The molecular weight excluding hydrogens is 232 g/mol. The Balaban J connectivity index is 2.60. The molecule has 1 rings (SSSR count). The van der Waals surface area contributed by atoms with Crippen LogP contribution in [0.25, 0.3) is 0 Å². The second-order valence-corrected chi connectivity index (χ2v) is 4.25. The molecule has 0 fully saturated rings. The van der Waals surface area contributed by atoms with E-state index in [1.807, 2.05) is 19.1 Å². The van der Waals surface area contributed by atoms with Crippen molar-refractivity contribution in [3.05, 3.63) is 35.4 Å². The maximum absolute atomic E-state index is 11.2. The molecular formula is C14H20O4. The number of carbonyl (C=O) groups excluding carboxylic acids is 1. The summed E-state index contributed by atoms with van der Waals surface area (Å²) in [6.07, 6.45) is 0.867. The molecule has 0 spiro atoms. The van der Waals surface area contributed by atoms with Crippen molar-refractivity contribution in [1.29, 1.82) is 0 Å². The number of aliphatic hydroxyl groups is 1. The van der Waals surface area contributed by atoms with E-state index in [9.17, 15) is 9.90 Å². The van der Waals surface area contributed by atoms with Crippen LogP contribution in [0.4, 0.5) is 0 Å². The first-order valence-electron chi connectivity index (χ1n) is 5.96. The molecule has 0 aliphatic rings. The second kappa shape index (κ2) is 7.13. The van der Waals surface area contributed by atoms with Crippen LogP contribution in [0.15, 0.2) is 24.3 Å². The molecule has 0 aromatic heterocycles. The van der Waals surface area contributed by atoms with Gasteiger partial charge in [0.2, 0.25) is 0 Å². The van der Waals surface area contributed by atoms with Gasteiger partial charge < -0.3 is 14.6 Å². The van der Waals surface area contributed by atoms with Crippen molar-refractivity contribution in [3.63, 3.8) is 0 Å². The molecule has 1 N–H and O–H groups in total. The van der Waals surface area contributed by atoms with E-state index >= 15 is 0 Å². The number of carbonyl (C=O) groups is 1. The minimum atomic E-state index is -1.21. The fourth-order valence-corrected chi connectivity index (χ4v) is 1.60. The van der Waals surface area contributed by atoms with E-state index in [0.717, 1.165) is 18.4 Å². The van der Waals surface area contributed by atoms with Crippen LogP contribution in [0.5, 0.6) is 0 Å². The van der Waals surface area contributed by atoms with Crippen molar-refractivity contribution in [1.82, 2.24) is 0 Å². The number of methoxy groups -OCH3 is 2. The van der Waals surface area contributed by atoms with Crippen molar-refractivity contribution < 1.29 is 19.4 Å². The minimum Gasteiger partial charge on any atom is -0.467 e. The molecule has 4 heteroatoms. The van der Waals surface area contributed by atoms with Crippen LogP contribution >= 0.6 is 0 Å². The predicted octanol–water partition coefficient (Wildman–Crippen LogP) is 1.86. The summed E-state index contributed by atoms with van der Waals surface area (Å²) in [5.74, 6) is -0.643. The van der Waals surface area contributed by atoms with E-state index in [4.69, 9.17) is 4.74 Å². The Morgan fingerprint density at radius 3 is 2.39 bits per heavy atom. The SMILES string of the molecule is COC(=O)C(O)c1ccc(CCC(C)OC)cc1. The molecule has 1 aromatic carbocycles. The van der Waals surface area contributed by atoms with Gasteiger partial charge in [-0.15, -0.1) is 0 Å². The van der Waals surface area contributed by atoms with Gasteiger partial charge >= 0.3 is 5.97 Å². The zero-order valence-electron chi connectivity index (χ0n) is 11.1. The number of esters is 1. The fraction of sp³-hybridized carbons (Fsp3) is 0.500. The average Bonchev–Trinajstić information content (AvgIpc) is 2.43. The normalized spacial score (nSPS) is 14.0. The van der Waals surface area contributed by atoms with Gasteiger partial charge in [-0.05, 0) is 30.9 Å². The number of hydrogen-bond acceptors (Lipinski definition) is 4. The number of benzene rings is 1. The number of aliphatic hydroxyl groups excluding tert-OH is 1. The largest absolute Gasteiger partial charge is 0.467 e. The molecule has 4 nitrogen and oxygen atoms in total. The van der Waals surface area contributed by atoms with Gasteiger partial charge in [-0.3, -0.25) is 0 Å². The summed E-state index contributed by atoms with van der Waals surface area (Å²) in [5.41, 5.74) is 1.70. The molecule has 0 saturated carbocycles. The topological polar surface area (TPSA) is 55.8 Å². The highest BCUT2D eigenvalue weighted by atomic mass is 16.5. The minimum absolute atomic E-state index is 0.227. The van der Waals surface area contributed by atoms with Crippen LogP contribution in [0.3, 0.4) is 0 Å². The molecule has 0 aliphatic heterocycles. The van der Waals surface area contributed by atoms with E-state index in [2.05, 4.69) is 4.74 Å². The van der Waals surface area contributed by atoms with Crippen molar-refractivity contribution in [2.75, 3.05) is 14.2 Å². The molecule has 1 aromatic rings. The maximum Gasteiger partial charge on any atom is 0.339 e. The third kappa shape index (κ3) is 4.13. The Labute approximate surface area is 108 Å². The Bertz CT molecular complexity index is 372. The van der Waals surface area contributed by atoms with Gasteiger partial charge in [0.05, 0.1) is 13.2 Å². The molecule has 0 bridgehead atoms. The van der Waals surface area contributed by atoms with Crippen LogP contribution in [-0.2, 0) is 20.7 Å². The summed E-state index contributed by atoms with van der Waals surface area (Å²) in [4.78, 5) is 11.2. The van der Waals surface area contributed by atoms with Crippen LogP contribution in [0, 0.1) is 0 Å². The van der Waals surface area contributed by atoms with Crippen molar-refractivity contribution in [2.24, 2.45) is 0 Å². The van der Waals surface area contributed by atoms with E-state index in [-0.39, 0.29) is 6.10 Å². The lowest BCUT2D eigenvalue weighted by molar-refractivity contribution is -0.150. The Kier molecular flexibility index (Phi) is 5.82. The predicted molar refractivity (Wildman–Crippen MR) is 68.2 cm³/mol. The van der Waals surface area contributed by atoms with Crippen molar-refractivity contribution in [3.8, 4) is 0 Å². The highest BCUT2D eigenvalue weighted by molar-refractivity contribution is 5.76. The monoisotopic (exact) mass is 252 g/mol. The van der Waals surface area contributed by atoms with Crippen molar-refractivity contribution >= 4 is 5.97 Å². The molecule has 100 valence electrons. The lowest BCUT2D eigenvalue weighted by Gasteiger charge is -2.11. The first-order chi connectivity index (χ1) is 8.58. The Hall–Kier alpha value is -1.39. The highest BCUT2D eigenvalue weighted by Crippen LogP contribution is 2.16. The van der Waals surface area contributed by atoms with Gasteiger partial charge in [-0.2, -0.15) is 0 Å². The Morgan fingerprint density at radius 1 is 1.28 bits per heavy atom. The van der Waals surface area contributed by atoms with E-state index < -0.39 is 12.1 Å². The quantitative estimate of drug-likeness (QED) is 0.785. The third-order valence-electron chi connectivity index (χ3n) is 2.96. The summed E-state index contributed by atoms with van der Waals surface area (Å²) in [6, 6.07) is 7.30. The maximum atomic E-state index is 11.2. The summed E-state index contributed by atoms with van der Waals surface area (Å²) < 4.78 is 9.66. The molecule has 2 atom stereocenters. The summed E-state index contributed by atoms with van der Waals surface area (Å²) in [5, 5.41) is 9.64. The van der Waals surface area contributed by atoms with Gasteiger partial charge in [0.25, 0.3) is 0 Å². The summed E-state index contributed by atoms with van der Waals surface area (Å²) >= 11 is 0. The van der Waals surface area contributed by atoms with Gasteiger partial charge in [-0.1, -0.05) is 24.3 Å². The smallest absolute Gasteiger partial charge is 0.339 e. The van der Waals surface area contributed by atoms with Crippen LogP contribution in [0.2, 0.25) is 0 Å². The van der Waals surface area contributed by atoms with E-state index in [0.29, 0.717) is 5.56 Å². The standard InChI is InChI=1S/C14H20O4/c1-10(17-2)4-5-11-6-8-12(9-7-11)13(15)14(16)18-3/h6-10,13,15H,4-5H2,1-3H3. The second-order valence-electron chi connectivity index (χ2n) is 4.25. The van der Waals surface area contributed by atoms with E-state index in [1.54, 1.807) is 19.2 Å². The Morgan fingerprint density at radius 2 is 1.89 bits per heavy atom. The van der Waals surface area contributed by atoms with E-state index in [1.165, 1.54) is 7.11 Å². The molecule has 0 heterocycles. The van der Waals surface area contributed by atoms with Gasteiger partial charge in [0, 0.05) is 7.11 Å². The molecule has 0 saturated heterocycles. The molecule has 0 radical (unpaired) electrons. The molecule has 0 aliphatic carbocycles. The molecule has 18 heavy (non-hydrogen) atoms. The first-order valence-corrected chi connectivity index (χ1v) is 5.96. The average molecular weight is 252 g/mol. The first kappa shape index (κ1) is 14.7. The summed E-state index contributed by atoms with van der Waals surface area (Å²) in [6.45, 7) is 2.02. The van der Waals surface area contributed by atoms with Crippen molar-refractivity contribution in [2.45, 2.75) is 32.0 Å². The van der Waals surface area contributed by atoms with Crippen LogP contribution in [-0.4, -0.2) is 31.4 Å². The zero-order valence-corrected chi connectivity index (χ0v) is 11.1. The number of ether oxygens (including phenoxy) is 2. The van der Waals surface area contributed by atoms with Gasteiger partial charge in [-0.25, -0.2) is 4.79 Å². The van der Waals surface area contributed by atoms with Gasteiger partial charge in [0.1, 0.15) is 0 Å².